The molecular weight excluding hydrogens is 677 g/mol. The molecule has 2 aliphatic rings. The fourth-order valence-electron chi connectivity index (χ4n) is 6.83. The number of nitrogens with one attached hydrogen (secondary N) is 1. The first-order chi connectivity index (χ1) is 24.3. The van der Waals surface area contributed by atoms with Gasteiger partial charge in [0, 0.05) is 31.1 Å². The van der Waals surface area contributed by atoms with Gasteiger partial charge < -0.3 is 9.42 Å². The number of amidine groups is 1. The van der Waals surface area contributed by atoms with Gasteiger partial charge in [-0.05, 0) is 68.0 Å². The van der Waals surface area contributed by atoms with Crippen LogP contribution in [0, 0.1) is 25.5 Å². The molecule has 13 heteroatoms. The number of aromatic nitrogens is 1. The van der Waals surface area contributed by atoms with Crippen molar-refractivity contribution in [2.75, 3.05) is 11.8 Å². The van der Waals surface area contributed by atoms with Crippen molar-refractivity contribution in [1.29, 1.82) is 0 Å². The van der Waals surface area contributed by atoms with E-state index < -0.39 is 38.7 Å². The lowest BCUT2D eigenvalue weighted by atomic mass is 9.95. The Morgan fingerprint density at radius 2 is 1.78 bits per heavy atom. The molecule has 0 bridgehead atoms. The quantitative estimate of drug-likeness (QED) is 0.161. The first-order valence-electron chi connectivity index (χ1n) is 17.1. The summed E-state index contributed by atoms with van der Waals surface area (Å²) in [6.07, 6.45) is 5.85. The summed E-state index contributed by atoms with van der Waals surface area (Å²) >= 11 is 0. The first kappa shape index (κ1) is 35.9. The second-order valence-corrected chi connectivity index (χ2v) is 15.0. The summed E-state index contributed by atoms with van der Waals surface area (Å²) in [6.45, 7) is 5.63. The average molecular weight is 718 g/mol. The third kappa shape index (κ3) is 7.03. The summed E-state index contributed by atoms with van der Waals surface area (Å²) in [6, 6.07) is 15.3. The van der Waals surface area contributed by atoms with Crippen LogP contribution in [0.2, 0.25) is 0 Å². The molecule has 1 N–H and O–H groups in total. The Balaban J connectivity index is 1.40. The molecule has 1 aliphatic carbocycles. The molecule has 1 aromatic heterocycles. The number of hydrogen-bond acceptors (Lipinski definition) is 7. The number of carbonyl (C=O) groups is 2. The van der Waals surface area contributed by atoms with E-state index in [9.17, 15) is 26.8 Å². The molecule has 10 nitrogen and oxygen atoms in total. The fraction of sp³-hybridized carbons (Fsp3) is 0.368. The summed E-state index contributed by atoms with van der Waals surface area (Å²) in [5.41, 5.74) is 2.04. The van der Waals surface area contributed by atoms with Gasteiger partial charge in [-0.15, -0.1) is 0 Å². The van der Waals surface area contributed by atoms with E-state index >= 15 is 0 Å². The van der Waals surface area contributed by atoms with E-state index in [1.807, 2.05) is 12.1 Å². The molecule has 51 heavy (non-hydrogen) atoms. The lowest BCUT2D eigenvalue weighted by Gasteiger charge is -2.24. The summed E-state index contributed by atoms with van der Waals surface area (Å²) in [5, 5.41) is 3.85. The minimum absolute atomic E-state index is 0.00354. The number of benzene rings is 3. The normalized spacial score (nSPS) is 15.5. The number of hydrogen-bond donors (Lipinski definition) is 1. The molecular formula is C38H41F2N5O5S. The zero-order chi connectivity index (χ0) is 36.5. The van der Waals surface area contributed by atoms with E-state index in [-0.39, 0.29) is 29.8 Å². The topological polar surface area (TPSA) is 125 Å². The van der Waals surface area contributed by atoms with Crippen LogP contribution in [0.4, 0.5) is 14.7 Å². The van der Waals surface area contributed by atoms with E-state index in [4.69, 9.17) is 9.52 Å². The molecule has 4 aromatic rings. The van der Waals surface area contributed by atoms with Crippen molar-refractivity contribution < 1.29 is 31.3 Å². The number of anilines is 1. The molecule has 3 aromatic carbocycles. The van der Waals surface area contributed by atoms with Gasteiger partial charge in [-0.1, -0.05) is 73.8 Å². The van der Waals surface area contributed by atoms with Gasteiger partial charge in [0.05, 0.1) is 22.7 Å². The number of aryl methyl sites for hydroxylation is 1. The van der Waals surface area contributed by atoms with Crippen molar-refractivity contribution in [2.24, 2.45) is 4.99 Å². The van der Waals surface area contributed by atoms with Crippen molar-refractivity contribution in [1.82, 2.24) is 15.0 Å². The molecule has 268 valence electrons. The van der Waals surface area contributed by atoms with E-state index in [1.54, 1.807) is 43.0 Å². The highest BCUT2D eigenvalue weighted by molar-refractivity contribution is 7.92. The molecule has 1 fully saturated rings. The molecule has 1 saturated carbocycles. The zero-order valence-corrected chi connectivity index (χ0v) is 29.9. The molecule has 6 rings (SSSR count). The maximum Gasteiger partial charge on any atom is 0.264 e. The highest BCUT2D eigenvalue weighted by Gasteiger charge is 2.49. The Kier molecular flexibility index (Phi) is 10.1. The largest absolute Gasteiger partial charge is 0.337 e. The van der Waals surface area contributed by atoms with Gasteiger partial charge in [-0.25, -0.2) is 21.9 Å². The molecule has 0 unspecified atom stereocenters. The van der Waals surface area contributed by atoms with E-state index in [0.717, 1.165) is 56.0 Å². The van der Waals surface area contributed by atoms with Crippen LogP contribution in [0.1, 0.15) is 84.6 Å². The predicted molar refractivity (Wildman–Crippen MR) is 190 cm³/mol. The summed E-state index contributed by atoms with van der Waals surface area (Å²) in [4.78, 5) is 35.3. The highest BCUT2D eigenvalue weighted by Crippen LogP contribution is 2.41. The zero-order valence-electron chi connectivity index (χ0n) is 29.1. The third-order valence-corrected chi connectivity index (χ3v) is 11.2. The van der Waals surface area contributed by atoms with Crippen molar-refractivity contribution in [2.45, 2.75) is 89.2 Å². The number of rotatable bonds is 12. The second kappa shape index (κ2) is 14.4. The molecule has 1 aliphatic heterocycles. The minimum atomic E-state index is -4.21. The Labute approximate surface area is 296 Å². The van der Waals surface area contributed by atoms with E-state index in [0.29, 0.717) is 34.4 Å². The highest BCUT2D eigenvalue weighted by atomic mass is 32.2. The molecule has 1 spiro atoms. The van der Waals surface area contributed by atoms with Crippen LogP contribution >= 0.6 is 0 Å². The third-order valence-electron chi connectivity index (χ3n) is 9.78. The van der Waals surface area contributed by atoms with Gasteiger partial charge in [0.2, 0.25) is 5.88 Å². The van der Waals surface area contributed by atoms with Gasteiger partial charge in [0.15, 0.2) is 11.6 Å². The summed E-state index contributed by atoms with van der Waals surface area (Å²) < 4.78 is 64.2. The molecule has 0 radical (unpaired) electrons. The standard InChI is InChI=1S/C38H41F2N5O5S/c1-5-6-16-33-41-38(19-9-10-20-38)37(47)45(33)22-26-17-18-28(27(21-26)23-44(4)36(46)30-13-11-14-31(39)34(30)40)29-12-7-8-15-32(29)51(48,49)43-35-24(2)25(3)42-50-35/h7-8,11-15,17-18,21,43H,5-6,9-10,16,19-20,22-23H2,1-4H3. The van der Waals surface area contributed by atoms with Crippen LogP contribution in [-0.2, 0) is 27.9 Å². The van der Waals surface area contributed by atoms with Gasteiger partial charge in [-0.2, -0.15) is 0 Å². The maximum absolute atomic E-state index is 14.7. The van der Waals surface area contributed by atoms with Crippen molar-refractivity contribution in [3.63, 3.8) is 0 Å². The van der Waals surface area contributed by atoms with Crippen LogP contribution < -0.4 is 4.72 Å². The lowest BCUT2D eigenvalue weighted by Crippen LogP contribution is -2.40. The number of aliphatic imine (C=N–C) groups is 1. The average Bonchev–Trinajstić information content (AvgIpc) is 3.79. The summed E-state index contributed by atoms with van der Waals surface area (Å²) in [5.74, 6) is -2.40. The van der Waals surface area contributed by atoms with Crippen LogP contribution in [0.15, 0.2) is 75.1 Å². The summed E-state index contributed by atoms with van der Waals surface area (Å²) in [7, 11) is -2.74. The van der Waals surface area contributed by atoms with Gasteiger partial charge >= 0.3 is 0 Å². The van der Waals surface area contributed by atoms with E-state index in [1.165, 1.54) is 30.1 Å². The van der Waals surface area contributed by atoms with Gasteiger partial charge in [-0.3, -0.25) is 19.5 Å². The Bertz CT molecular complexity index is 2120. The van der Waals surface area contributed by atoms with Crippen LogP contribution in [-0.4, -0.2) is 53.6 Å². The number of nitrogens with zero attached hydrogens (tertiary/aromatic N) is 4. The van der Waals surface area contributed by atoms with E-state index in [2.05, 4.69) is 16.8 Å². The number of halogens is 2. The number of amides is 2. The second-order valence-electron chi connectivity index (χ2n) is 13.3. The Hall–Kier alpha value is -4.91. The number of carbonyl (C=O) groups excluding carboxylic acids is 2. The van der Waals surface area contributed by atoms with Gasteiger partial charge in [0.1, 0.15) is 11.4 Å². The van der Waals surface area contributed by atoms with Crippen molar-refractivity contribution in [3.8, 4) is 11.1 Å². The minimum Gasteiger partial charge on any atom is -0.337 e. The molecule has 2 amide bonds. The molecule has 0 saturated heterocycles. The van der Waals surface area contributed by atoms with Crippen LogP contribution in [0.3, 0.4) is 0 Å². The number of unbranched alkanes of at least 4 members (excludes halogenated alkanes) is 1. The van der Waals surface area contributed by atoms with Gasteiger partial charge in [0.25, 0.3) is 21.8 Å². The fourth-order valence-corrected chi connectivity index (χ4v) is 8.10. The predicted octanol–water partition coefficient (Wildman–Crippen LogP) is 7.55. The maximum atomic E-state index is 14.7. The number of sulfonamides is 1. The van der Waals surface area contributed by atoms with Crippen molar-refractivity contribution in [3.05, 3.63) is 100 Å². The SMILES string of the molecule is CCCCC1=NC2(CCCC2)C(=O)N1Cc1ccc(-c2ccccc2S(=O)(=O)Nc2onc(C)c2C)c(CN(C)C(=O)c2cccc(F)c2F)c1. The van der Waals surface area contributed by atoms with Crippen LogP contribution in [0.5, 0.6) is 0 Å². The smallest absolute Gasteiger partial charge is 0.264 e. The monoisotopic (exact) mass is 717 g/mol. The lowest BCUT2D eigenvalue weighted by molar-refractivity contribution is -0.131. The first-order valence-corrected chi connectivity index (χ1v) is 18.6. The molecule has 2 heterocycles. The van der Waals surface area contributed by atoms with Crippen LogP contribution in [0.25, 0.3) is 11.1 Å². The van der Waals surface area contributed by atoms with Crippen molar-refractivity contribution >= 4 is 33.6 Å². The Morgan fingerprint density at radius 1 is 1.04 bits per heavy atom. The Morgan fingerprint density at radius 3 is 2.49 bits per heavy atom. The molecule has 0 atom stereocenters.